The van der Waals surface area contributed by atoms with E-state index >= 15 is 0 Å². The molecular formula is C14H16NOSSi. The smallest absolute Gasteiger partial charge is 0.274 e. The predicted molar refractivity (Wildman–Crippen MR) is 80.2 cm³/mol. The van der Waals surface area contributed by atoms with Crippen molar-refractivity contribution in [3.8, 4) is 5.75 Å². The number of rotatable bonds is 5. The first-order valence-corrected chi connectivity index (χ1v) is 9.19. The molecule has 0 N–H and O–H groups in total. The third kappa shape index (κ3) is 3.82. The highest BCUT2D eigenvalue weighted by molar-refractivity contribution is 7.08. The van der Waals surface area contributed by atoms with Crippen LogP contribution in [-0.4, -0.2) is 15.3 Å². The molecule has 2 nitrogen and oxygen atoms in total. The van der Waals surface area contributed by atoms with Crippen molar-refractivity contribution in [1.29, 1.82) is 0 Å². The second-order valence-electron chi connectivity index (χ2n) is 4.14. The monoisotopic (exact) mass is 274 g/mol. The van der Waals surface area contributed by atoms with E-state index in [0.717, 1.165) is 16.9 Å². The topological polar surface area (TPSA) is 21.6 Å². The van der Waals surface area contributed by atoms with Gasteiger partial charge in [-0.3, -0.25) is 4.99 Å². The van der Waals surface area contributed by atoms with Crippen molar-refractivity contribution in [3.05, 3.63) is 52.2 Å². The third-order valence-corrected chi connectivity index (χ3v) is 3.66. The summed E-state index contributed by atoms with van der Waals surface area (Å²) in [6, 6.07) is 10.2. The molecule has 0 atom stereocenters. The second kappa shape index (κ2) is 6.52. The average Bonchev–Trinajstić information content (AvgIpc) is 2.84. The van der Waals surface area contributed by atoms with Crippen LogP contribution < -0.4 is 4.43 Å². The van der Waals surface area contributed by atoms with Crippen LogP contribution in [0.15, 0.2) is 46.1 Å². The molecule has 0 amide bonds. The maximum atomic E-state index is 5.86. The molecule has 1 heterocycles. The fraction of sp³-hybridized carbons (Fsp3) is 0.214. The molecule has 0 fully saturated rings. The third-order valence-electron chi connectivity index (χ3n) is 2.33. The quantitative estimate of drug-likeness (QED) is 0.596. The summed E-state index contributed by atoms with van der Waals surface area (Å²) >= 11 is 1.69. The van der Waals surface area contributed by atoms with Crippen LogP contribution in [0.2, 0.25) is 13.1 Å². The average molecular weight is 274 g/mol. The Labute approximate surface area is 114 Å². The summed E-state index contributed by atoms with van der Waals surface area (Å²) in [5.74, 6) is 0.971. The summed E-state index contributed by atoms with van der Waals surface area (Å²) in [6.07, 6.45) is 1.91. The Kier molecular flexibility index (Phi) is 4.72. The highest BCUT2D eigenvalue weighted by Gasteiger charge is 2.05. The number of para-hydroxylation sites is 1. The van der Waals surface area contributed by atoms with Crippen LogP contribution in [0.4, 0.5) is 0 Å². The van der Waals surface area contributed by atoms with Crippen LogP contribution >= 0.6 is 11.3 Å². The number of benzene rings is 1. The largest absolute Gasteiger partial charge is 0.542 e. The molecule has 0 bridgehead atoms. The van der Waals surface area contributed by atoms with Gasteiger partial charge in [0.25, 0.3) is 9.04 Å². The van der Waals surface area contributed by atoms with Crippen LogP contribution in [0.1, 0.15) is 11.1 Å². The molecule has 2 aromatic rings. The lowest BCUT2D eigenvalue weighted by Gasteiger charge is -2.11. The van der Waals surface area contributed by atoms with Crippen LogP contribution in [0.3, 0.4) is 0 Å². The van der Waals surface area contributed by atoms with Crippen LogP contribution in [0, 0.1) is 0 Å². The minimum Gasteiger partial charge on any atom is -0.542 e. The van der Waals surface area contributed by atoms with Gasteiger partial charge < -0.3 is 4.43 Å². The minimum absolute atomic E-state index is 0.668. The lowest BCUT2D eigenvalue weighted by molar-refractivity contribution is 0.572. The van der Waals surface area contributed by atoms with Crippen LogP contribution in [0.5, 0.6) is 5.75 Å². The van der Waals surface area contributed by atoms with Crippen LogP contribution in [-0.2, 0) is 6.54 Å². The molecule has 0 aliphatic rings. The molecule has 0 aliphatic heterocycles. The number of aliphatic imine (C=N–C) groups is 1. The van der Waals surface area contributed by atoms with Gasteiger partial charge in [0, 0.05) is 17.3 Å². The first kappa shape index (κ1) is 13.0. The van der Waals surface area contributed by atoms with Gasteiger partial charge in [0.15, 0.2) is 0 Å². The summed E-state index contributed by atoms with van der Waals surface area (Å²) in [5.41, 5.74) is 2.31. The Morgan fingerprint density at radius 2 is 2.11 bits per heavy atom. The Bertz CT molecular complexity index is 508. The lowest BCUT2D eigenvalue weighted by Crippen LogP contribution is -2.12. The first-order valence-electron chi connectivity index (χ1n) is 5.83. The lowest BCUT2D eigenvalue weighted by atomic mass is 10.2. The van der Waals surface area contributed by atoms with Crippen LogP contribution in [0.25, 0.3) is 0 Å². The van der Waals surface area contributed by atoms with Gasteiger partial charge in [0.1, 0.15) is 5.75 Å². The van der Waals surface area contributed by atoms with E-state index in [1.807, 2.05) is 24.4 Å². The zero-order valence-corrected chi connectivity index (χ0v) is 12.4. The van der Waals surface area contributed by atoms with E-state index in [9.17, 15) is 0 Å². The SMILES string of the molecule is C[Si](C)Oc1ccccc1CN=Cc1ccsc1. The molecule has 18 heavy (non-hydrogen) atoms. The van der Waals surface area contributed by atoms with Crippen molar-refractivity contribution in [2.24, 2.45) is 4.99 Å². The van der Waals surface area contributed by atoms with Gasteiger partial charge in [-0.25, -0.2) is 0 Å². The predicted octanol–water partition coefficient (Wildman–Crippen LogP) is 4.00. The van der Waals surface area contributed by atoms with Crippen molar-refractivity contribution in [1.82, 2.24) is 0 Å². The molecule has 1 radical (unpaired) electrons. The number of nitrogens with zero attached hydrogens (tertiary/aromatic N) is 1. The maximum absolute atomic E-state index is 5.86. The zero-order valence-electron chi connectivity index (χ0n) is 10.6. The molecule has 0 saturated heterocycles. The van der Waals surface area contributed by atoms with Crippen molar-refractivity contribution < 1.29 is 4.43 Å². The van der Waals surface area contributed by atoms with Crippen molar-refractivity contribution in [3.63, 3.8) is 0 Å². The van der Waals surface area contributed by atoms with E-state index in [2.05, 4.69) is 41.0 Å². The highest BCUT2D eigenvalue weighted by atomic mass is 32.1. The van der Waals surface area contributed by atoms with Crippen molar-refractivity contribution in [2.75, 3.05) is 0 Å². The van der Waals surface area contributed by atoms with E-state index < -0.39 is 9.04 Å². The number of hydrogen-bond donors (Lipinski definition) is 0. The molecule has 0 aliphatic carbocycles. The molecular weight excluding hydrogens is 258 g/mol. The van der Waals surface area contributed by atoms with Gasteiger partial charge in [-0.15, -0.1) is 0 Å². The fourth-order valence-corrected chi connectivity index (χ4v) is 2.80. The number of thiophene rings is 1. The molecule has 4 heteroatoms. The minimum atomic E-state index is -0.727. The standard InChI is InChI=1S/C14H16NOSSi/c1-18(2)16-14-6-4-3-5-13(14)10-15-9-12-7-8-17-11-12/h3-9,11H,10H2,1-2H3. The van der Waals surface area contributed by atoms with Gasteiger partial charge in [0.05, 0.1) is 6.54 Å². The Morgan fingerprint density at radius 1 is 1.28 bits per heavy atom. The molecule has 1 aromatic heterocycles. The van der Waals surface area contributed by atoms with Crippen molar-refractivity contribution in [2.45, 2.75) is 19.6 Å². The molecule has 0 saturated carbocycles. The summed E-state index contributed by atoms with van der Waals surface area (Å²) in [6.45, 7) is 4.94. The first-order chi connectivity index (χ1) is 8.75. The fourth-order valence-electron chi connectivity index (χ4n) is 1.55. The number of hydrogen-bond acceptors (Lipinski definition) is 3. The molecule has 1 aromatic carbocycles. The molecule has 93 valence electrons. The maximum Gasteiger partial charge on any atom is 0.274 e. The summed E-state index contributed by atoms with van der Waals surface area (Å²) in [5, 5.41) is 4.15. The Hall–Kier alpha value is -1.39. The molecule has 0 spiro atoms. The molecule has 2 rings (SSSR count). The van der Waals surface area contributed by atoms with E-state index in [1.165, 1.54) is 0 Å². The van der Waals surface area contributed by atoms with Gasteiger partial charge >= 0.3 is 0 Å². The Morgan fingerprint density at radius 3 is 2.83 bits per heavy atom. The summed E-state index contributed by atoms with van der Waals surface area (Å²) in [7, 11) is -0.727. The van der Waals surface area contributed by atoms with E-state index in [4.69, 9.17) is 4.43 Å². The van der Waals surface area contributed by atoms with E-state index in [1.54, 1.807) is 11.3 Å². The normalized spacial score (nSPS) is 11.3. The summed E-state index contributed by atoms with van der Waals surface area (Å²) in [4.78, 5) is 4.47. The van der Waals surface area contributed by atoms with Gasteiger partial charge in [-0.1, -0.05) is 18.2 Å². The van der Waals surface area contributed by atoms with E-state index in [0.29, 0.717) is 6.54 Å². The second-order valence-corrected chi connectivity index (χ2v) is 6.95. The van der Waals surface area contributed by atoms with Crippen molar-refractivity contribution >= 4 is 26.6 Å². The van der Waals surface area contributed by atoms with Gasteiger partial charge in [-0.2, -0.15) is 11.3 Å². The summed E-state index contributed by atoms with van der Waals surface area (Å²) < 4.78 is 5.86. The zero-order chi connectivity index (χ0) is 12.8. The van der Waals surface area contributed by atoms with E-state index in [-0.39, 0.29) is 0 Å². The highest BCUT2D eigenvalue weighted by Crippen LogP contribution is 2.19. The Balaban J connectivity index is 2.04. The van der Waals surface area contributed by atoms with Gasteiger partial charge in [-0.05, 0) is 36.0 Å². The molecule has 0 unspecified atom stereocenters. The van der Waals surface area contributed by atoms with Gasteiger partial charge in [0.2, 0.25) is 0 Å².